The highest BCUT2D eigenvalue weighted by Crippen LogP contribution is 2.34. The molecule has 0 spiro atoms. The Hall–Kier alpha value is -7.10. The molecule has 4 amide bonds. The zero-order valence-electron chi connectivity index (χ0n) is 49.4. The van der Waals surface area contributed by atoms with E-state index in [0.717, 1.165) is 121 Å². The molecule has 20 heteroatoms. The first kappa shape index (κ1) is 62.9. The number of aryl methyl sites for hydroxylation is 1. The SMILES string of the molecule is Cc1ncsc1-c1ccc(CNC(=O)C2CCCN2C(=O)C(NC(=O)CCCCCOCCOCCOCCCCCCOc2cccc(CNC(=O)c3cccc(NC4(c5nnc(-c6ccncc6)[nH]5)CCNCC4)c3)c2)C(C)(C)C)cc1. The van der Waals surface area contributed by atoms with Gasteiger partial charge in [-0.15, -0.1) is 21.5 Å². The van der Waals surface area contributed by atoms with Gasteiger partial charge in [0.2, 0.25) is 17.7 Å². The predicted octanol–water partition coefficient (Wildman–Crippen LogP) is 9.31. The molecule has 0 bridgehead atoms. The van der Waals surface area contributed by atoms with Crippen LogP contribution in [-0.2, 0) is 47.2 Å². The van der Waals surface area contributed by atoms with E-state index in [0.29, 0.717) is 96.5 Å². The van der Waals surface area contributed by atoms with Crippen molar-refractivity contribution in [3.05, 3.63) is 131 Å². The molecule has 3 aromatic heterocycles. The molecule has 2 unspecified atom stereocenters. The third-order valence-electron chi connectivity index (χ3n) is 15.3. The van der Waals surface area contributed by atoms with Crippen LogP contribution in [0.2, 0.25) is 0 Å². The molecular weight excluding hydrogens is 1080 g/mol. The average molecular weight is 1170 g/mol. The maximum Gasteiger partial charge on any atom is 0.251 e. The number of amides is 4. The smallest absolute Gasteiger partial charge is 0.251 e. The Labute approximate surface area is 498 Å². The van der Waals surface area contributed by atoms with Gasteiger partial charge in [0.05, 0.1) is 54.7 Å². The quantitative estimate of drug-likeness (QED) is 0.0211. The van der Waals surface area contributed by atoms with Gasteiger partial charge >= 0.3 is 0 Å². The number of anilines is 1. The van der Waals surface area contributed by atoms with Crippen LogP contribution in [-0.4, -0.2) is 132 Å². The van der Waals surface area contributed by atoms with Crippen LogP contribution in [0, 0.1) is 12.3 Å². The second-order valence-electron chi connectivity index (χ2n) is 22.8. The molecule has 3 aromatic carbocycles. The van der Waals surface area contributed by atoms with E-state index in [4.69, 9.17) is 18.9 Å². The third-order valence-corrected chi connectivity index (χ3v) is 16.3. The minimum Gasteiger partial charge on any atom is -0.494 e. The van der Waals surface area contributed by atoms with Crippen molar-refractivity contribution in [1.82, 2.24) is 51.3 Å². The van der Waals surface area contributed by atoms with E-state index in [-0.39, 0.29) is 23.6 Å². The number of unbranched alkanes of at least 4 members (excludes halogenated alkanes) is 5. The molecule has 84 heavy (non-hydrogen) atoms. The highest BCUT2D eigenvalue weighted by atomic mass is 32.1. The molecule has 8 rings (SSSR count). The predicted molar refractivity (Wildman–Crippen MR) is 326 cm³/mol. The third kappa shape index (κ3) is 19.0. The summed E-state index contributed by atoms with van der Waals surface area (Å²) in [6.07, 6.45) is 13.0. The van der Waals surface area contributed by atoms with E-state index >= 15 is 0 Å². The van der Waals surface area contributed by atoms with Crippen molar-refractivity contribution in [2.45, 2.75) is 135 Å². The fraction of sp³-hybridized carbons (Fsp3) is 0.500. The molecule has 19 nitrogen and oxygen atoms in total. The lowest BCUT2D eigenvalue weighted by Gasteiger charge is -2.37. The molecule has 0 saturated carbocycles. The molecule has 2 fully saturated rings. The van der Waals surface area contributed by atoms with Crippen LogP contribution in [0.3, 0.4) is 0 Å². The van der Waals surface area contributed by atoms with Crippen molar-refractivity contribution in [3.8, 4) is 27.6 Å². The lowest BCUT2D eigenvalue weighted by atomic mass is 9.85. The van der Waals surface area contributed by atoms with Crippen LogP contribution in [0.1, 0.15) is 131 Å². The van der Waals surface area contributed by atoms with Crippen molar-refractivity contribution in [1.29, 1.82) is 0 Å². The van der Waals surface area contributed by atoms with E-state index < -0.39 is 23.0 Å². The fourth-order valence-electron chi connectivity index (χ4n) is 10.5. The number of piperidine rings is 1. The van der Waals surface area contributed by atoms with Gasteiger partial charge in [-0.2, -0.15) is 0 Å². The number of rotatable bonds is 33. The van der Waals surface area contributed by atoms with E-state index in [1.165, 1.54) is 0 Å². The molecule has 2 atom stereocenters. The number of carbonyl (C=O) groups excluding carboxylic acids is 4. The Morgan fingerprint density at radius 2 is 1.44 bits per heavy atom. The zero-order valence-corrected chi connectivity index (χ0v) is 50.2. The van der Waals surface area contributed by atoms with Gasteiger partial charge in [-0.25, -0.2) is 4.98 Å². The zero-order chi connectivity index (χ0) is 59.0. The summed E-state index contributed by atoms with van der Waals surface area (Å²) in [7, 11) is 0. The maximum atomic E-state index is 14.0. The first-order valence-electron chi connectivity index (χ1n) is 29.9. The van der Waals surface area contributed by atoms with Crippen LogP contribution in [0.5, 0.6) is 5.75 Å². The number of thiazole rings is 1. The number of H-pyrrole nitrogens is 1. The molecule has 6 N–H and O–H groups in total. The number of likely N-dealkylation sites (tertiary alicyclic amines) is 1. The van der Waals surface area contributed by atoms with E-state index in [2.05, 4.69) is 51.7 Å². The molecule has 2 saturated heterocycles. The minimum absolute atomic E-state index is 0.162. The number of nitrogens with one attached hydrogen (secondary N) is 6. The summed E-state index contributed by atoms with van der Waals surface area (Å²) in [5.74, 6) is 1.51. The van der Waals surface area contributed by atoms with Gasteiger partial charge in [0.25, 0.3) is 5.91 Å². The van der Waals surface area contributed by atoms with Crippen LogP contribution in [0.25, 0.3) is 21.8 Å². The number of hydrogen-bond donors (Lipinski definition) is 6. The highest BCUT2D eigenvalue weighted by molar-refractivity contribution is 7.13. The van der Waals surface area contributed by atoms with Crippen molar-refractivity contribution in [2.24, 2.45) is 5.41 Å². The number of carbonyl (C=O) groups is 4. The Kier molecular flexibility index (Phi) is 24.2. The van der Waals surface area contributed by atoms with Gasteiger partial charge in [-0.3, -0.25) is 24.2 Å². The summed E-state index contributed by atoms with van der Waals surface area (Å²) in [6, 6.07) is 26.0. The Bertz CT molecular complexity index is 3000. The molecule has 5 heterocycles. The normalized spacial score (nSPS) is 15.3. The number of aromatic amines is 1. The number of pyridine rings is 1. The van der Waals surface area contributed by atoms with Gasteiger partial charge < -0.3 is 55.4 Å². The lowest BCUT2D eigenvalue weighted by Crippen LogP contribution is -2.57. The molecule has 6 aromatic rings. The van der Waals surface area contributed by atoms with Gasteiger partial charge in [0, 0.05) is 68.5 Å². The average Bonchev–Trinajstić information content (AvgIpc) is 3.85. The molecule has 0 radical (unpaired) electrons. The summed E-state index contributed by atoms with van der Waals surface area (Å²) in [5, 5.41) is 25.3. The summed E-state index contributed by atoms with van der Waals surface area (Å²) < 4.78 is 23.3. The topological polar surface area (TPSA) is 236 Å². The number of ether oxygens (including phenoxy) is 4. The lowest BCUT2D eigenvalue weighted by molar-refractivity contribution is -0.143. The fourth-order valence-corrected chi connectivity index (χ4v) is 11.3. The standard InChI is InChI=1S/C64H85N11O8S/c1-46-56(84-45-69-46)49-23-21-47(22-24-49)43-68-60(78)54-19-14-33-75(54)61(79)57(63(2,3)4)70-55(76)20-8-7-10-35-81-38-40-82-39-37-80-34-9-5-6-11-36-83-53-18-12-15-48(41-53)44-67-59(77)51-16-13-17-52(42-51)72-64(27-31-66-32-28-64)62-71-58(73-74-62)50-25-29-65-30-26-50/h12-13,15-18,21-26,29-30,41-42,45,54,57,66,72H,5-11,14,19-20,27-28,31-40,43-44H2,1-4H3,(H,67,77)(H,68,78)(H,70,76)(H,71,73,74). The van der Waals surface area contributed by atoms with Crippen molar-refractivity contribution < 1.29 is 38.1 Å². The van der Waals surface area contributed by atoms with Crippen molar-refractivity contribution in [3.63, 3.8) is 0 Å². The monoisotopic (exact) mass is 1170 g/mol. The minimum atomic E-state index is -0.748. The summed E-state index contributed by atoms with van der Waals surface area (Å²) in [5.41, 5.74) is 7.16. The van der Waals surface area contributed by atoms with E-state index in [1.807, 2.05) is 118 Å². The van der Waals surface area contributed by atoms with Gasteiger partial charge in [0.1, 0.15) is 17.8 Å². The van der Waals surface area contributed by atoms with Crippen molar-refractivity contribution >= 4 is 40.7 Å². The first-order chi connectivity index (χ1) is 40.8. The summed E-state index contributed by atoms with van der Waals surface area (Å²) >= 11 is 1.60. The molecule has 2 aliphatic rings. The van der Waals surface area contributed by atoms with E-state index in [1.54, 1.807) is 28.6 Å². The van der Waals surface area contributed by atoms with Crippen LogP contribution >= 0.6 is 11.3 Å². The summed E-state index contributed by atoms with van der Waals surface area (Å²) in [6.45, 7) is 14.6. The largest absolute Gasteiger partial charge is 0.494 e. The number of nitrogens with zero attached hydrogens (tertiary/aromatic N) is 5. The Morgan fingerprint density at radius 1 is 0.750 bits per heavy atom. The van der Waals surface area contributed by atoms with Crippen molar-refractivity contribution in [2.75, 3.05) is 71.2 Å². The molecule has 450 valence electrons. The first-order valence-corrected chi connectivity index (χ1v) is 30.8. The summed E-state index contributed by atoms with van der Waals surface area (Å²) in [4.78, 5) is 68.6. The van der Waals surface area contributed by atoms with Crippen LogP contribution in [0.4, 0.5) is 5.69 Å². The maximum absolute atomic E-state index is 14.0. The van der Waals surface area contributed by atoms with Gasteiger partial charge in [-0.1, -0.05) is 76.1 Å². The highest BCUT2D eigenvalue weighted by Gasteiger charge is 2.42. The molecule has 0 aliphatic carbocycles. The Morgan fingerprint density at radius 3 is 2.15 bits per heavy atom. The van der Waals surface area contributed by atoms with Gasteiger partial charge in [0.15, 0.2) is 11.6 Å². The van der Waals surface area contributed by atoms with Crippen LogP contribution in [0.15, 0.2) is 103 Å². The Balaban J connectivity index is 0.610. The number of aromatic nitrogens is 5. The molecule has 2 aliphatic heterocycles. The second kappa shape index (κ2) is 32.3. The van der Waals surface area contributed by atoms with E-state index in [9.17, 15) is 19.2 Å². The van der Waals surface area contributed by atoms with Crippen LogP contribution < -0.4 is 31.3 Å². The van der Waals surface area contributed by atoms with Gasteiger partial charge in [-0.05, 0) is 142 Å². The number of hydrogen-bond acceptors (Lipinski definition) is 15. The number of benzene rings is 3. The second-order valence-corrected chi connectivity index (χ2v) is 23.6. The molecular formula is C64H85N11O8S.